The minimum Gasteiger partial charge on any atom is -0.378 e. The number of carbonyl (C=O) groups excluding carboxylic acids is 1. The molecule has 6 nitrogen and oxygen atoms in total. The molecular formula is C21H25N5OS. The molecule has 7 heteroatoms. The summed E-state index contributed by atoms with van der Waals surface area (Å²) in [4.78, 5) is 14.5. The zero-order valence-electron chi connectivity index (χ0n) is 16.6. The minimum absolute atomic E-state index is 0.0578. The summed E-state index contributed by atoms with van der Waals surface area (Å²) in [6.45, 7) is 4.61. The first kappa shape index (κ1) is 19.9. The van der Waals surface area contributed by atoms with E-state index in [4.69, 9.17) is 0 Å². The Hall–Kier alpha value is -2.80. The normalized spacial score (nSPS) is 10.7. The van der Waals surface area contributed by atoms with Gasteiger partial charge >= 0.3 is 0 Å². The number of hydrogen-bond donors (Lipinski definition) is 1. The Labute approximate surface area is 170 Å². The molecule has 3 rings (SSSR count). The number of amides is 1. The maximum absolute atomic E-state index is 12.4. The van der Waals surface area contributed by atoms with E-state index in [-0.39, 0.29) is 11.7 Å². The second-order valence-corrected chi connectivity index (χ2v) is 7.77. The summed E-state index contributed by atoms with van der Waals surface area (Å²) in [5.41, 5.74) is 4.15. The fourth-order valence-corrected chi connectivity index (χ4v) is 3.58. The van der Waals surface area contributed by atoms with E-state index >= 15 is 0 Å². The molecule has 0 saturated carbocycles. The minimum atomic E-state index is -0.0578. The highest BCUT2D eigenvalue weighted by atomic mass is 32.2. The third-order valence-corrected chi connectivity index (χ3v) is 5.38. The SMILES string of the molecule is Cc1cc(N(C)C)ccc1NC(=O)CSc1nnc(C)n1Cc1ccccc1. The van der Waals surface area contributed by atoms with E-state index in [1.807, 2.05) is 67.7 Å². The van der Waals surface area contributed by atoms with E-state index in [0.29, 0.717) is 6.54 Å². The number of aryl methyl sites for hydroxylation is 2. The van der Waals surface area contributed by atoms with Gasteiger partial charge in [-0.05, 0) is 43.2 Å². The quantitative estimate of drug-likeness (QED) is 0.618. The zero-order valence-corrected chi connectivity index (χ0v) is 17.5. The Morgan fingerprint density at radius 1 is 1.11 bits per heavy atom. The molecule has 0 aliphatic heterocycles. The van der Waals surface area contributed by atoms with Gasteiger partial charge < -0.3 is 14.8 Å². The molecule has 0 bridgehead atoms. The molecule has 28 heavy (non-hydrogen) atoms. The van der Waals surface area contributed by atoms with Crippen LogP contribution in [0.3, 0.4) is 0 Å². The molecule has 0 radical (unpaired) electrons. The van der Waals surface area contributed by atoms with Gasteiger partial charge in [-0.1, -0.05) is 42.1 Å². The van der Waals surface area contributed by atoms with Crippen LogP contribution in [0, 0.1) is 13.8 Å². The third kappa shape index (κ3) is 4.92. The Morgan fingerprint density at radius 2 is 1.86 bits per heavy atom. The van der Waals surface area contributed by atoms with E-state index in [9.17, 15) is 4.79 Å². The third-order valence-electron chi connectivity index (χ3n) is 4.42. The van der Waals surface area contributed by atoms with Crippen LogP contribution < -0.4 is 10.2 Å². The van der Waals surface area contributed by atoms with Gasteiger partial charge in [0.1, 0.15) is 5.82 Å². The van der Waals surface area contributed by atoms with E-state index in [1.54, 1.807) is 0 Å². The largest absolute Gasteiger partial charge is 0.378 e. The highest BCUT2D eigenvalue weighted by Crippen LogP contribution is 2.23. The number of benzene rings is 2. The summed E-state index contributed by atoms with van der Waals surface area (Å²) in [6, 6.07) is 16.2. The van der Waals surface area contributed by atoms with Gasteiger partial charge in [0, 0.05) is 25.5 Å². The molecule has 0 aliphatic carbocycles. The summed E-state index contributed by atoms with van der Waals surface area (Å²) in [6.07, 6.45) is 0. The molecule has 0 fully saturated rings. The van der Waals surface area contributed by atoms with Crippen molar-refractivity contribution < 1.29 is 4.79 Å². The smallest absolute Gasteiger partial charge is 0.234 e. The molecule has 0 aliphatic rings. The number of carbonyl (C=O) groups is 1. The topological polar surface area (TPSA) is 63.1 Å². The van der Waals surface area contributed by atoms with Gasteiger partial charge in [-0.2, -0.15) is 0 Å². The van der Waals surface area contributed by atoms with Gasteiger partial charge in [-0.25, -0.2) is 0 Å². The van der Waals surface area contributed by atoms with Crippen LogP contribution in [-0.2, 0) is 11.3 Å². The van der Waals surface area contributed by atoms with E-state index in [1.165, 1.54) is 17.3 Å². The molecule has 1 N–H and O–H groups in total. The molecule has 1 aromatic heterocycles. The average molecular weight is 396 g/mol. The van der Waals surface area contributed by atoms with Crippen molar-refractivity contribution in [3.63, 3.8) is 0 Å². The lowest BCUT2D eigenvalue weighted by atomic mass is 10.1. The van der Waals surface area contributed by atoms with Crippen LogP contribution in [0.5, 0.6) is 0 Å². The molecule has 0 spiro atoms. The second-order valence-electron chi connectivity index (χ2n) is 6.83. The molecule has 0 saturated heterocycles. The van der Waals surface area contributed by atoms with Crippen molar-refractivity contribution in [1.29, 1.82) is 0 Å². The average Bonchev–Trinajstić information content (AvgIpc) is 3.02. The van der Waals surface area contributed by atoms with Gasteiger partial charge in [-0.3, -0.25) is 4.79 Å². The first-order valence-electron chi connectivity index (χ1n) is 9.08. The summed E-state index contributed by atoms with van der Waals surface area (Å²) in [5, 5.41) is 12.1. The lowest BCUT2D eigenvalue weighted by molar-refractivity contribution is -0.113. The highest BCUT2D eigenvalue weighted by molar-refractivity contribution is 7.99. The van der Waals surface area contributed by atoms with Gasteiger partial charge in [-0.15, -0.1) is 10.2 Å². The van der Waals surface area contributed by atoms with Gasteiger partial charge in [0.25, 0.3) is 0 Å². The van der Waals surface area contributed by atoms with Crippen LogP contribution in [0.2, 0.25) is 0 Å². The maximum atomic E-state index is 12.4. The highest BCUT2D eigenvalue weighted by Gasteiger charge is 2.13. The van der Waals surface area contributed by atoms with Crippen molar-refractivity contribution in [3.8, 4) is 0 Å². The van der Waals surface area contributed by atoms with Crippen molar-refractivity contribution in [1.82, 2.24) is 14.8 Å². The zero-order chi connectivity index (χ0) is 20.1. The number of thioether (sulfide) groups is 1. The summed E-state index contributed by atoms with van der Waals surface area (Å²) >= 11 is 1.40. The Balaban J connectivity index is 1.62. The lowest BCUT2D eigenvalue weighted by Gasteiger charge is -2.15. The summed E-state index contributed by atoms with van der Waals surface area (Å²) < 4.78 is 2.03. The molecular weight excluding hydrogens is 370 g/mol. The molecule has 1 heterocycles. The van der Waals surface area contributed by atoms with Crippen LogP contribution in [0.15, 0.2) is 53.7 Å². The van der Waals surface area contributed by atoms with Crippen LogP contribution in [0.4, 0.5) is 11.4 Å². The summed E-state index contributed by atoms with van der Waals surface area (Å²) in [5.74, 6) is 1.06. The Morgan fingerprint density at radius 3 is 2.54 bits per heavy atom. The van der Waals surface area contributed by atoms with Gasteiger partial charge in [0.05, 0.1) is 12.3 Å². The number of anilines is 2. The van der Waals surface area contributed by atoms with E-state index in [2.05, 4.69) is 33.7 Å². The Bertz CT molecular complexity index is 953. The number of nitrogens with one attached hydrogen (secondary N) is 1. The van der Waals surface area contributed by atoms with E-state index in [0.717, 1.165) is 27.9 Å². The number of hydrogen-bond acceptors (Lipinski definition) is 5. The van der Waals surface area contributed by atoms with Crippen molar-refractivity contribution in [3.05, 3.63) is 65.5 Å². The number of aromatic nitrogens is 3. The van der Waals surface area contributed by atoms with Crippen molar-refractivity contribution in [2.75, 3.05) is 30.1 Å². The van der Waals surface area contributed by atoms with Crippen molar-refractivity contribution >= 4 is 29.0 Å². The maximum Gasteiger partial charge on any atom is 0.234 e. The first-order chi connectivity index (χ1) is 13.4. The van der Waals surface area contributed by atoms with E-state index < -0.39 is 0 Å². The van der Waals surface area contributed by atoms with Gasteiger partial charge in [0.15, 0.2) is 5.16 Å². The fraction of sp³-hybridized carbons (Fsp3) is 0.286. The van der Waals surface area contributed by atoms with Crippen molar-refractivity contribution in [2.24, 2.45) is 0 Å². The number of rotatable bonds is 7. The van der Waals surface area contributed by atoms with Gasteiger partial charge in [0.2, 0.25) is 5.91 Å². The molecule has 0 atom stereocenters. The number of nitrogens with zero attached hydrogens (tertiary/aromatic N) is 4. The summed E-state index contributed by atoms with van der Waals surface area (Å²) in [7, 11) is 3.99. The second kappa shape index (κ2) is 8.93. The van der Waals surface area contributed by atoms with Crippen LogP contribution in [-0.4, -0.2) is 40.5 Å². The fourth-order valence-electron chi connectivity index (χ4n) is 2.80. The standard InChI is InChI=1S/C21H25N5OS/c1-15-12-18(25(3)4)10-11-19(15)22-20(27)14-28-21-24-23-16(2)26(21)13-17-8-6-5-7-9-17/h5-12H,13-14H2,1-4H3,(H,22,27). The first-order valence-corrected chi connectivity index (χ1v) is 10.1. The predicted octanol–water partition coefficient (Wildman–Crippen LogP) is 3.74. The monoisotopic (exact) mass is 395 g/mol. The van der Waals surface area contributed by atoms with Crippen LogP contribution in [0.25, 0.3) is 0 Å². The van der Waals surface area contributed by atoms with Crippen LogP contribution >= 0.6 is 11.8 Å². The van der Waals surface area contributed by atoms with Crippen molar-refractivity contribution in [2.45, 2.75) is 25.5 Å². The predicted molar refractivity (Wildman–Crippen MR) is 115 cm³/mol. The lowest BCUT2D eigenvalue weighted by Crippen LogP contribution is -2.16. The molecule has 1 amide bonds. The van der Waals surface area contributed by atoms with Crippen LogP contribution in [0.1, 0.15) is 17.0 Å². The molecule has 2 aromatic carbocycles. The molecule has 3 aromatic rings. The Kier molecular flexibility index (Phi) is 6.36. The molecule has 0 unspecified atom stereocenters. The molecule has 146 valence electrons.